The average molecular weight is 263 g/mol. The lowest BCUT2D eigenvalue weighted by molar-refractivity contribution is 0.345. The van der Waals surface area contributed by atoms with Crippen LogP contribution in [0.15, 0.2) is 29.2 Å². The van der Waals surface area contributed by atoms with Crippen LogP contribution in [-0.4, -0.2) is 18.8 Å². The molecule has 1 saturated carbocycles. The van der Waals surface area contributed by atoms with E-state index in [4.69, 9.17) is 0 Å². The molecule has 0 heterocycles. The van der Waals surface area contributed by atoms with Crippen LogP contribution in [0.25, 0.3) is 0 Å². The molecule has 1 aliphatic carbocycles. The van der Waals surface area contributed by atoms with Crippen molar-refractivity contribution in [3.05, 3.63) is 29.8 Å². The van der Waals surface area contributed by atoms with Crippen molar-refractivity contribution < 1.29 is 0 Å². The molecular weight excluding hydrogens is 238 g/mol. The fourth-order valence-corrected chi connectivity index (χ4v) is 3.57. The number of nitrogens with one attached hydrogen (secondary N) is 1. The number of aryl methyl sites for hydroxylation is 1. The highest BCUT2D eigenvalue weighted by molar-refractivity contribution is 7.99. The first-order chi connectivity index (χ1) is 8.84. The predicted molar refractivity (Wildman–Crippen MR) is 81.3 cm³/mol. The van der Waals surface area contributed by atoms with Gasteiger partial charge in [0.05, 0.1) is 0 Å². The van der Waals surface area contributed by atoms with Crippen molar-refractivity contribution in [1.82, 2.24) is 5.32 Å². The van der Waals surface area contributed by atoms with Gasteiger partial charge in [-0.1, -0.05) is 37.0 Å². The Kier molecular flexibility index (Phi) is 6.09. The molecule has 18 heavy (non-hydrogen) atoms. The maximum atomic E-state index is 3.62. The molecule has 2 heteroatoms. The largest absolute Gasteiger partial charge is 0.316 e. The van der Waals surface area contributed by atoms with Gasteiger partial charge in [0.1, 0.15) is 0 Å². The number of thioether (sulfide) groups is 1. The Bertz CT molecular complexity index is 345. The van der Waals surface area contributed by atoms with E-state index in [-0.39, 0.29) is 0 Å². The van der Waals surface area contributed by atoms with Crippen LogP contribution in [-0.2, 0) is 0 Å². The van der Waals surface area contributed by atoms with Crippen LogP contribution in [0.2, 0.25) is 0 Å². The van der Waals surface area contributed by atoms with Gasteiger partial charge in [-0.05, 0) is 44.4 Å². The predicted octanol–water partition coefficient (Wildman–Crippen LogP) is 4.26. The second-order valence-electron chi connectivity index (χ2n) is 5.37. The van der Waals surface area contributed by atoms with Crippen molar-refractivity contribution in [2.75, 3.05) is 18.8 Å². The standard InChI is InChI=1S/C16H25NS/c1-14-6-5-9-16(12-14)18-11-10-17-13-15-7-3-2-4-8-15/h5-6,9,12,15,17H,2-4,7-8,10-11,13H2,1H3. The minimum atomic E-state index is 0.947. The lowest BCUT2D eigenvalue weighted by Gasteiger charge is -2.21. The minimum absolute atomic E-state index is 0.947. The minimum Gasteiger partial charge on any atom is -0.316 e. The van der Waals surface area contributed by atoms with Crippen molar-refractivity contribution in [3.8, 4) is 0 Å². The summed E-state index contributed by atoms with van der Waals surface area (Å²) in [5, 5.41) is 3.62. The molecule has 0 saturated heterocycles. The van der Waals surface area contributed by atoms with Gasteiger partial charge in [-0.2, -0.15) is 0 Å². The van der Waals surface area contributed by atoms with Crippen molar-refractivity contribution in [2.45, 2.75) is 43.9 Å². The van der Waals surface area contributed by atoms with Gasteiger partial charge in [0.25, 0.3) is 0 Å². The second kappa shape index (κ2) is 7.85. The van der Waals surface area contributed by atoms with Crippen LogP contribution < -0.4 is 5.32 Å². The Morgan fingerprint density at radius 1 is 1.22 bits per heavy atom. The topological polar surface area (TPSA) is 12.0 Å². The molecule has 1 aromatic carbocycles. The quantitative estimate of drug-likeness (QED) is 0.608. The van der Waals surface area contributed by atoms with Crippen LogP contribution in [0, 0.1) is 12.8 Å². The summed E-state index contributed by atoms with van der Waals surface area (Å²) >= 11 is 1.96. The van der Waals surface area contributed by atoms with Gasteiger partial charge in [-0.3, -0.25) is 0 Å². The Hall–Kier alpha value is -0.470. The SMILES string of the molecule is Cc1cccc(SCCNCC2CCCCC2)c1. The molecule has 0 aromatic heterocycles. The Labute approximate surface area is 116 Å². The van der Waals surface area contributed by atoms with E-state index in [1.54, 1.807) is 0 Å². The molecule has 1 nitrogen and oxygen atoms in total. The number of rotatable bonds is 6. The fraction of sp³-hybridized carbons (Fsp3) is 0.625. The second-order valence-corrected chi connectivity index (χ2v) is 6.54. The van der Waals surface area contributed by atoms with E-state index >= 15 is 0 Å². The van der Waals surface area contributed by atoms with Crippen LogP contribution in [0.5, 0.6) is 0 Å². The first-order valence-corrected chi connectivity index (χ1v) is 8.23. The van der Waals surface area contributed by atoms with Gasteiger partial charge in [-0.15, -0.1) is 11.8 Å². The molecule has 1 N–H and O–H groups in total. The molecule has 1 fully saturated rings. The van der Waals surface area contributed by atoms with Crippen LogP contribution in [0.1, 0.15) is 37.7 Å². The zero-order chi connectivity index (χ0) is 12.6. The summed E-state index contributed by atoms with van der Waals surface area (Å²) in [6.45, 7) is 4.52. The van der Waals surface area contributed by atoms with Crippen molar-refractivity contribution >= 4 is 11.8 Å². The number of hydrogen-bond donors (Lipinski definition) is 1. The van der Waals surface area contributed by atoms with Gasteiger partial charge in [0.2, 0.25) is 0 Å². The third-order valence-corrected chi connectivity index (χ3v) is 4.69. The van der Waals surface area contributed by atoms with Gasteiger partial charge >= 0.3 is 0 Å². The Balaban J connectivity index is 1.55. The van der Waals surface area contributed by atoms with E-state index in [0.29, 0.717) is 0 Å². The van der Waals surface area contributed by atoms with E-state index in [2.05, 4.69) is 36.5 Å². The highest BCUT2D eigenvalue weighted by atomic mass is 32.2. The first-order valence-electron chi connectivity index (χ1n) is 7.25. The van der Waals surface area contributed by atoms with Gasteiger partial charge in [0, 0.05) is 17.2 Å². The summed E-state index contributed by atoms with van der Waals surface area (Å²) < 4.78 is 0. The molecule has 1 aliphatic rings. The smallest absolute Gasteiger partial charge is 0.0106 e. The van der Waals surface area contributed by atoms with Crippen LogP contribution >= 0.6 is 11.8 Å². The summed E-state index contributed by atoms with van der Waals surface area (Å²) in [7, 11) is 0. The molecule has 0 radical (unpaired) electrons. The first kappa shape index (κ1) is 14.0. The van der Waals surface area contributed by atoms with Crippen molar-refractivity contribution in [3.63, 3.8) is 0 Å². The molecule has 0 bridgehead atoms. The third-order valence-electron chi connectivity index (χ3n) is 3.69. The maximum Gasteiger partial charge on any atom is 0.0106 e. The van der Waals surface area contributed by atoms with Crippen LogP contribution in [0.4, 0.5) is 0 Å². The molecule has 0 aliphatic heterocycles. The van der Waals surface area contributed by atoms with Gasteiger partial charge in [0.15, 0.2) is 0 Å². The average Bonchev–Trinajstić information content (AvgIpc) is 2.40. The summed E-state index contributed by atoms with van der Waals surface area (Å²) in [4.78, 5) is 1.40. The van der Waals surface area contributed by atoms with Crippen LogP contribution in [0.3, 0.4) is 0 Å². The van der Waals surface area contributed by atoms with E-state index in [0.717, 1.165) is 12.5 Å². The third kappa shape index (κ3) is 5.03. The maximum absolute atomic E-state index is 3.62. The fourth-order valence-electron chi connectivity index (χ4n) is 2.64. The normalized spacial score (nSPS) is 16.9. The lowest BCUT2D eigenvalue weighted by atomic mass is 9.89. The molecule has 0 spiro atoms. The zero-order valence-electron chi connectivity index (χ0n) is 11.5. The van der Waals surface area contributed by atoms with E-state index in [9.17, 15) is 0 Å². The molecule has 2 rings (SSSR count). The number of hydrogen-bond acceptors (Lipinski definition) is 2. The van der Waals surface area contributed by atoms with Crippen molar-refractivity contribution in [1.29, 1.82) is 0 Å². The Morgan fingerprint density at radius 2 is 2.06 bits per heavy atom. The monoisotopic (exact) mass is 263 g/mol. The van der Waals surface area contributed by atoms with E-state index in [1.165, 1.54) is 54.9 Å². The lowest BCUT2D eigenvalue weighted by Crippen LogP contribution is -2.26. The van der Waals surface area contributed by atoms with E-state index < -0.39 is 0 Å². The van der Waals surface area contributed by atoms with Gasteiger partial charge < -0.3 is 5.32 Å². The summed E-state index contributed by atoms with van der Waals surface area (Å²) in [5.41, 5.74) is 1.36. The molecule has 0 atom stereocenters. The summed E-state index contributed by atoms with van der Waals surface area (Å²) in [5.74, 6) is 2.12. The van der Waals surface area contributed by atoms with E-state index in [1.807, 2.05) is 11.8 Å². The molecule has 1 aromatic rings. The summed E-state index contributed by atoms with van der Waals surface area (Å²) in [6, 6.07) is 8.78. The molecule has 100 valence electrons. The molecule has 0 amide bonds. The molecular formula is C16H25NS. The zero-order valence-corrected chi connectivity index (χ0v) is 12.3. The molecule has 0 unspecified atom stereocenters. The van der Waals surface area contributed by atoms with Gasteiger partial charge in [-0.25, -0.2) is 0 Å². The summed E-state index contributed by atoms with van der Waals surface area (Å²) in [6.07, 6.45) is 7.24. The highest BCUT2D eigenvalue weighted by Crippen LogP contribution is 2.23. The van der Waals surface area contributed by atoms with Crippen molar-refractivity contribution in [2.24, 2.45) is 5.92 Å². The highest BCUT2D eigenvalue weighted by Gasteiger charge is 2.12. The Morgan fingerprint density at radius 3 is 2.83 bits per heavy atom. The number of benzene rings is 1.